The molecule has 0 amide bonds. The SMILES string of the molecule is Fc1ccc(OC2CC3CCCC(C2)N3)c2cnsc12. The van der Waals surface area contributed by atoms with Gasteiger partial charge in [0, 0.05) is 12.1 Å². The first-order valence-corrected chi connectivity index (χ1v) is 8.02. The second kappa shape index (κ2) is 4.97. The Morgan fingerprint density at radius 3 is 2.85 bits per heavy atom. The fourth-order valence-corrected chi connectivity index (χ4v) is 4.16. The lowest BCUT2D eigenvalue weighted by atomic mass is 9.85. The van der Waals surface area contributed by atoms with Crippen molar-refractivity contribution in [2.75, 3.05) is 0 Å². The lowest BCUT2D eigenvalue weighted by Gasteiger charge is -2.40. The second-order valence-electron chi connectivity index (χ2n) is 5.82. The molecule has 2 bridgehead atoms. The van der Waals surface area contributed by atoms with Gasteiger partial charge in [-0.15, -0.1) is 0 Å². The van der Waals surface area contributed by atoms with E-state index in [0.717, 1.165) is 24.0 Å². The molecular formula is C15H17FN2OS. The van der Waals surface area contributed by atoms with Crippen molar-refractivity contribution in [3.63, 3.8) is 0 Å². The summed E-state index contributed by atoms with van der Waals surface area (Å²) in [4.78, 5) is 0. The van der Waals surface area contributed by atoms with Crippen LogP contribution in [0.2, 0.25) is 0 Å². The number of nitrogens with zero attached hydrogens (tertiary/aromatic N) is 1. The van der Waals surface area contributed by atoms with E-state index in [2.05, 4.69) is 9.69 Å². The summed E-state index contributed by atoms with van der Waals surface area (Å²) < 4.78 is 24.5. The molecule has 2 aromatic rings. The minimum absolute atomic E-state index is 0.211. The number of nitrogens with one attached hydrogen (secondary N) is 1. The van der Waals surface area contributed by atoms with Crippen LogP contribution in [0, 0.1) is 5.82 Å². The fraction of sp³-hybridized carbons (Fsp3) is 0.533. The van der Waals surface area contributed by atoms with Gasteiger partial charge in [-0.1, -0.05) is 6.42 Å². The average Bonchev–Trinajstić information content (AvgIpc) is 2.92. The number of ether oxygens (including phenoxy) is 1. The maximum absolute atomic E-state index is 13.7. The molecule has 1 N–H and O–H groups in total. The van der Waals surface area contributed by atoms with Crippen molar-refractivity contribution in [3.05, 3.63) is 24.1 Å². The molecule has 0 radical (unpaired) electrons. The number of benzene rings is 1. The highest BCUT2D eigenvalue weighted by molar-refractivity contribution is 7.13. The maximum atomic E-state index is 13.7. The van der Waals surface area contributed by atoms with Crippen LogP contribution in [0.4, 0.5) is 4.39 Å². The zero-order valence-corrected chi connectivity index (χ0v) is 12.0. The van der Waals surface area contributed by atoms with Crippen LogP contribution in [0.1, 0.15) is 32.1 Å². The van der Waals surface area contributed by atoms with Gasteiger partial charge in [-0.05, 0) is 49.3 Å². The second-order valence-corrected chi connectivity index (χ2v) is 6.62. The van der Waals surface area contributed by atoms with E-state index in [-0.39, 0.29) is 11.9 Å². The van der Waals surface area contributed by atoms with Gasteiger partial charge in [-0.25, -0.2) is 4.39 Å². The van der Waals surface area contributed by atoms with Crippen molar-refractivity contribution in [2.24, 2.45) is 0 Å². The molecule has 0 aliphatic carbocycles. The predicted octanol–water partition coefficient (Wildman–Crippen LogP) is 3.49. The third-order valence-corrected chi connectivity index (χ3v) is 5.21. The molecular weight excluding hydrogens is 275 g/mol. The van der Waals surface area contributed by atoms with Crippen molar-refractivity contribution in [3.8, 4) is 5.75 Å². The third kappa shape index (κ3) is 2.19. The number of hydrogen-bond acceptors (Lipinski definition) is 4. The lowest BCUT2D eigenvalue weighted by Crippen LogP contribution is -2.51. The van der Waals surface area contributed by atoms with Gasteiger partial charge in [-0.2, -0.15) is 4.37 Å². The summed E-state index contributed by atoms with van der Waals surface area (Å²) in [6, 6.07) is 4.40. The van der Waals surface area contributed by atoms with Gasteiger partial charge in [0.2, 0.25) is 0 Å². The van der Waals surface area contributed by atoms with Crippen LogP contribution < -0.4 is 10.1 Å². The monoisotopic (exact) mass is 292 g/mol. The summed E-state index contributed by atoms with van der Waals surface area (Å²) >= 11 is 1.19. The standard InChI is InChI=1S/C15H17FN2OS/c16-13-4-5-14(12-8-17-20-15(12)13)19-11-6-9-2-1-3-10(7-11)18-9/h4-5,8-11,18H,1-3,6-7H2. The van der Waals surface area contributed by atoms with E-state index in [1.807, 2.05) is 0 Å². The molecule has 2 fully saturated rings. The van der Waals surface area contributed by atoms with Crippen LogP contribution in [0.3, 0.4) is 0 Å². The summed E-state index contributed by atoms with van der Waals surface area (Å²) in [6.45, 7) is 0. The molecule has 5 heteroatoms. The average molecular weight is 292 g/mol. The summed E-state index contributed by atoms with van der Waals surface area (Å²) in [7, 11) is 0. The summed E-state index contributed by atoms with van der Waals surface area (Å²) in [5.74, 6) is 0.567. The first-order valence-electron chi connectivity index (χ1n) is 7.25. The van der Waals surface area contributed by atoms with Crippen LogP contribution in [0.5, 0.6) is 5.75 Å². The molecule has 2 saturated heterocycles. The largest absolute Gasteiger partial charge is 0.490 e. The van der Waals surface area contributed by atoms with Gasteiger partial charge in [0.1, 0.15) is 17.7 Å². The molecule has 2 aliphatic rings. The fourth-order valence-electron chi connectivity index (χ4n) is 3.49. The summed E-state index contributed by atoms with van der Waals surface area (Å²) in [5.41, 5.74) is 0. The Balaban J connectivity index is 1.58. The number of aromatic nitrogens is 1. The number of hydrogen-bond donors (Lipinski definition) is 1. The van der Waals surface area contributed by atoms with Crippen molar-refractivity contribution in [2.45, 2.75) is 50.3 Å². The highest BCUT2D eigenvalue weighted by atomic mass is 32.1. The van der Waals surface area contributed by atoms with E-state index in [0.29, 0.717) is 16.8 Å². The maximum Gasteiger partial charge on any atom is 0.142 e. The zero-order chi connectivity index (χ0) is 13.5. The molecule has 20 heavy (non-hydrogen) atoms. The summed E-state index contributed by atoms with van der Waals surface area (Å²) in [5, 5.41) is 4.46. The molecule has 2 unspecified atom stereocenters. The Kier molecular flexibility index (Phi) is 3.11. The van der Waals surface area contributed by atoms with E-state index in [1.165, 1.54) is 36.9 Å². The first-order chi connectivity index (χ1) is 9.79. The smallest absolute Gasteiger partial charge is 0.142 e. The van der Waals surface area contributed by atoms with Gasteiger partial charge >= 0.3 is 0 Å². The molecule has 0 saturated carbocycles. The van der Waals surface area contributed by atoms with Crippen molar-refractivity contribution < 1.29 is 9.13 Å². The minimum Gasteiger partial charge on any atom is -0.490 e. The minimum atomic E-state index is -0.211. The number of halogens is 1. The quantitative estimate of drug-likeness (QED) is 0.920. The van der Waals surface area contributed by atoms with E-state index in [4.69, 9.17) is 4.74 Å². The molecule has 1 aromatic carbocycles. The van der Waals surface area contributed by atoms with Crippen molar-refractivity contribution in [1.29, 1.82) is 0 Å². The third-order valence-electron chi connectivity index (χ3n) is 4.40. The predicted molar refractivity (Wildman–Crippen MR) is 77.8 cm³/mol. The zero-order valence-electron chi connectivity index (χ0n) is 11.1. The Hall–Kier alpha value is -1.20. The van der Waals surface area contributed by atoms with Crippen molar-refractivity contribution in [1.82, 2.24) is 9.69 Å². The normalized spacial score (nSPS) is 29.6. The number of piperidine rings is 2. The van der Waals surface area contributed by atoms with E-state index < -0.39 is 0 Å². The molecule has 3 heterocycles. The molecule has 2 atom stereocenters. The Labute approximate surface area is 121 Å². The van der Waals surface area contributed by atoms with Crippen LogP contribution in [0.15, 0.2) is 18.3 Å². The lowest BCUT2D eigenvalue weighted by molar-refractivity contribution is 0.0939. The number of rotatable bonds is 2. The van der Waals surface area contributed by atoms with Gasteiger partial charge in [0.25, 0.3) is 0 Å². The Morgan fingerprint density at radius 1 is 1.25 bits per heavy atom. The Bertz CT molecular complexity index is 617. The van der Waals surface area contributed by atoms with Crippen LogP contribution >= 0.6 is 11.5 Å². The topological polar surface area (TPSA) is 34.1 Å². The van der Waals surface area contributed by atoms with Crippen LogP contribution in [-0.4, -0.2) is 22.6 Å². The van der Waals surface area contributed by atoms with Crippen molar-refractivity contribution >= 4 is 21.6 Å². The van der Waals surface area contributed by atoms with Crippen LogP contribution in [0.25, 0.3) is 10.1 Å². The van der Waals surface area contributed by atoms with E-state index >= 15 is 0 Å². The highest BCUT2D eigenvalue weighted by Gasteiger charge is 2.32. The molecule has 3 nitrogen and oxygen atoms in total. The van der Waals surface area contributed by atoms with Gasteiger partial charge in [0.05, 0.1) is 16.3 Å². The van der Waals surface area contributed by atoms with E-state index in [9.17, 15) is 4.39 Å². The van der Waals surface area contributed by atoms with Gasteiger partial charge in [-0.3, -0.25) is 0 Å². The molecule has 1 aromatic heterocycles. The molecule has 0 spiro atoms. The van der Waals surface area contributed by atoms with Gasteiger partial charge < -0.3 is 10.1 Å². The Morgan fingerprint density at radius 2 is 2.05 bits per heavy atom. The summed E-state index contributed by atoms with van der Waals surface area (Å²) in [6.07, 6.45) is 7.86. The highest BCUT2D eigenvalue weighted by Crippen LogP contribution is 2.34. The van der Waals surface area contributed by atoms with E-state index in [1.54, 1.807) is 12.3 Å². The number of fused-ring (bicyclic) bond motifs is 3. The van der Waals surface area contributed by atoms with Crippen LogP contribution in [-0.2, 0) is 0 Å². The molecule has 4 rings (SSSR count). The first kappa shape index (κ1) is 12.5. The molecule has 2 aliphatic heterocycles. The molecule has 106 valence electrons. The van der Waals surface area contributed by atoms with Gasteiger partial charge in [0.15, 0.2) is 0 Å².